The van der Waals surface area contributed by atoms with E-state index < -0.39 is 0 Å². The molecule has 1 heterocycles. The standard InChI is InChI=1S/C3H3BN2/c4-6-3-1-2-5-6/h1-3H. The smallest absolute Gasteiger partial charge is 0.264 e. The molecule has 3 heteroatoms. The summed E-state index contributed by atoms with van der Waals surface area (Å²) in [6.07, 6.45) is 3.29. The van der Waals surface area contributed by atoms with Crippen LogP contribution < -0.4 is 0 Å². The van der Waals surface area contributed by atoms with Crippen LogP contribution in [0.15, 0.2) is 18.5 Å². The molecule has 0 unspecified atom stereocenters. The van der Waals surface area contributed by atoms with Crippen molar-refractivity contribution in [2.24, 2.45) is 0 Å². The molecule has 0 N–H and O–H groups in total. The van der Waals surface area contributed by atoms with Gasteiger partial charge in [-0.25, -0.2) is 0 Å². The molecule has 0 saturated heterocycles. The fraction of sp³-hybridized carbons (Fsp3) is 0. The topological polar surface area (TPSA) is 17.8 Å². The molecular formula is C3H3BN2. The van der Waals surface area contributed by atoms with Crippen molar-refractivity contribution in [2.75, 3.05) is 0 Å². The summed E-state index contributed by atoms with van der Waals surface area (Å²) >= 11 is 0. The predicted molar refractivity (Wildman–Crippen MR) is 23.4 cm³/mol. The van der Waals surface area contributed by atoms with Crippen LogP contribution in [0.1, 0.15) is 0 Å². The van der Waals surface area contributed by atoms with Crippen LogP contribution in [0.5, 0.6) is 0 Å². The first-order valence-electron chi connectivity index (χ1n) is 1.64. The highest BCUT2D eigenvalue weighted by Crippen LogP contribution is 1.72. The van der Waals surface area contributed by atoms with Gasteiger partial charge in [0.05, 0.1) is 0 Å². The average molecular weight is 77.9 g/mol. The van der Waals surface area contributed by atoms with Gasteiger partial charge in [-0.3, -0.25) is 0 Å². The SMILES string of the molecule is [B]n1cccn1. The molecule has 0 saturated carbocycles. The number of hydrogen-bond acceptors (Lipinski definition) is 1. The summed E-state index contributed by atoms with van der Waals surface area (Å²) in [6.45, 7) is 0. The van der Waals surface area contributed by atoms with Gasteiger partial charge in [-0.15, -0.1) is 0 Å². The molecule has 0 fully saturated rings. The third kappa shape index (κ3) is 0.430. The molecule has 1 aromatic rings. The molecule has 0 aliphatic heterocycles. The molecule has 1 aromatic heterocycles. The van der Waals surface area contributed by atoms with E-state index in [1.54, 1.807) is 18.5 Å². The molecular weight excluding hydrogens is 74.9 g/mol. The van der Waals surface area contributed by atoms with E-state index in [0.29, 0.717) is 0 Å². The maximum atomic E-state index is 5.08. The quantitative estimate of drug-likeness (QED) is 0.393. The van der Waals surface area contributed by atoms with Crippen molar-refractivity contribution >= 4 is 7.98 Å². The Bertz CT molecular complexity index is 112. The lowest BCUT2D eigenvalue weighted by Gasteiger charge is -1.77. The average Bonchev–Trinajstić information content (AvgIpc) is 1.86. The molecule has 1 rings (SSSR count). The minimum atomic E-state index is 1.25. The minimum Gasteiger partial charge on any atom is -0.331 e. The number of nitrogens with zero attached hydrogens (tertiary/aromatic N) is 2. The molecule has 0 amide bonds. The predicted octanol–water partition coefficient (Wildman–Crippen LogP) is -0.185. The van der Waals surface area contributed by atoms with E-state index in [4.69, 9.17) is 7.98 Å². The molecule has 0 aliphatic rings. The Balaban J connectivity index is 3.05. The summed E-state index contributed by atoms with van der Waals surface area (Å²) in [5.74, 6) is 0. The van der Waals surface area contributed by atoms with Gasteiger partial charge in [0, 0.05) is 12.4 Å². The van der Waals surface area contributed by atoms with Crippen molar-refractivity contribution < 1.29 is 0 Å². The van der Waals surface area contributed by atoms with Crippen molar-refractivity contribution in [1.82, 2.24) is 9.69 Å². The van der Waals surface area contributed by atoms with E-state index in [1.807, 2.05) is 0 Å². The van der Waals surface area contributed by atoms with Crippen LogP contribution in [-0.2, 0) is 0 Å². The first-order chi connectivity index (χ1) is 2.89. The van der Waals surface area contributed by atoms with E-state index in [2.05, 4.69) is 5.10 Å². The van der Waals surface area contributed by atoms with Crippen LogP contribution in [0, 0.1) is 0 Å². The van der Waals surface area contributed by atoms with Crippen molar-refractivity contribution in [2.45, 2.75) is 0 Å². The molecule has 2 radical (unpaired) electrons. The van der Waals surface area contributed by atoms with Crippen molar-refractivity contribution in [3.63, 3.8) is 0 Å². The van der Waals surface area contributed by atoms with Gasteiger partial charge in [-0.1, -0.05) is 0 Å². The lowest BCUT2D eigenvalue weighted by Crippen LogP contribution is -1.87. The Morgan fingerprint density at radius 1 is 1.67 bits per heavy atom. The normalized spacial score (nSPS) is 8.67. The van der Waals surface area contributed by atoms with Gasteiger partial charge in [0.1, 0.15) is 0 Å². The van der Waals surface area contributed by atoms with Gasteiger partial charge in [0.25, 0.3) is 7.98 Å². The fourth-order valence-corrected chi connectivity index (χ4v) is 0.281. The Hall–Kier alpha value is -0.725. The number of rotatable bonds is 0. The zero-order valence-electron chi connectivity index (χ0n) is 3.20. The Labute approximate surface area is 37.2 Å². The summed E-state index contributed by atoms with van der Waals surface area (Å²) in [7, 11) is 5.08. The molecule has 2 nitrogen and oxygen atoms in total. The second-order valence-electron chi connectivity index (χ2n) is 0.986. The molecule has 0 aromatic carbocycles. The lowest BCUT2D eigenvalue weighted by atomic mass is 10.5. The van der Waals surface area contributed by atoms with Gasteiger partial charge in [0.2, 0.25) is 0 Å². The van der Waals surface area contributed by atoms with Crippen LogP contribution in [0.4, 0.5) is 0 Å². The van der Waals surface area contributed by atoms with Gasteiger partial charge in [-0.05, 0) is 6.07 Å². The Kier molecular flexibility index (Phi) is 0.672. The largest absolute Gasteiger partial charge is 0.331 e. The second-order valence-corrected chi connectivity index (χ2v) is 0.986. The highest BCUT2D eigenvalue weighted by Gasteiger charge is 1.69. The first kappa shape index (κ1) is 3.46. The van der Waals surface area contributed by atoms with Gasteiger partial charge in [0.15, 0.2) is 0 Å². The fourth-order valence-electron chi connectivity index (χ4n) is 0.281. The van der Waals surface area contributed by atoms with E-state index in [-0.39, 0.29) is 0 Å². The summed E-state index contributed by atoms with van der Waals surface area (Å²) < 4.78 is 1.25. The zero-order valence-corrected chi connectivity index (χ0v) is 3.20. The van der Waals surface area contributed by atoms with E-state index in [1.165, 1.54) is 4.59 Å². The summed E-state index contributed by atoms with van der Waals surface area (Å²) in [4.78, 5) is 0. The maximum absolute atomic E-state index is 5.08. The summed E-state index contributed by atoms with van der Waals surface area (Å²) in [6, 6.07) is 1.76. The minimum absolute atomic E-state index is 1.25. The van der Waals surface area contributed by atoms with Gasteiger partial charge in [-0.2, -0.15) is 5.10 Å². The highest BCUT2D eigenvalue weighted by atomic mass is 15.2. The number of hydrogen-bond donors (Lipinski definition) is 0. The van der Waals surface area contributed by atoms with Crippen LogP contribution in [0.3, 0.4) is 0 Å². The van der Waals surface area contributed by atoms with Crippen LogP contribution in [-0.4, -0.2) is 17.7 Å². The molecule has 0 bridgehead atoms. The molecule has 0 atom stereocenters. The maximum Gasteiger partial charge on any atom is 0.264 e. The third-order valence-corrected chi connectivity index (χ3v) is 0.525. The molecule has 6 heavy (non-hydrogen) atoms. The summed E-state index contributed by atoms with van der Waals surface area (Å²) in [5.41, 5.74) is 0. The van der Waals surface area contributed by atoms with Crippen molar-refractivity contribution in [3.8, 4) is 0 Å². The highest BCUT2D eigenvalue weighted by molar-refractivity contribution is 6.05. The van der Waals surface area contributed by atoms with Crippen LogP contribution in [0.2, 0.25) is 0 Å². The zero-order chi connectivity index (χ0) is 4.41. The van der Waals surface area contributed by atoms with Gasteiger partial charge >= 0.3 is 0 Å². The van der Waals surface area contributed by atoms with E-state index in [9.17, 15) is 0 Å². The van der Waals surface area contributed by atoms with Gasteiger partial charge < -0.3 is 4.59 Å². The van der Waals surface area contributed by atoms with E-state index in [0.717, 1.165) is 0 Å². The second kappa shape index (κ2) is 1.16. The first-order valence-corrected chi connectivity index (χ1v) is 1.64. The Morgan fingerprint density at radius 2 is 2.50 bits per heavy atom. The van der Waals surface area contributed by atoms with E-state index >= 15 is 0 Å². The number of aromatic nitrogens is 2. The van der Waals surface area contributed by atoms with Crippen molar-refractivity contribution in [3.05, 3.63) is 18.5 Å². The van der Waals surface area contributed by atoms with Crippen LogP contribution >= 0.6 is 0 Å². The molecule has 0 aliphatic carbocycles. The lowest BCUT2D eigenvalue weighted by molar-refractivity contribution is 0.992. The monoisotopic (exact) mass is 78.0 g/mol. The van der Waals surface area contributed by atoms with Crippen LogP contribution in [0.25, 0.3) is 0 Å². The van der Waals surface area contributed by atoms with Crippen molar-refractivity contribution in [1.29, 1.82) is 0 Å². The summed E-state index contributed by atoms with van der Waals surface area (Å²) in [5, 5.41) is 3.61. The third-order valence-electron chi connectivity index (χ3n) is 0.525. The molecule has 28 valence electrons. The Morgan fingerprint density at radius 3 is 2.67 bits per heavy atom. The molecule has 0 spiro atoms.